The Kier molecular flexibility index (Phi) is 2.08. The molecule has 0 unspecified atom stereocenters. The highest BCUT2D eigenvalue weighted by molar-refractivity contribution is 6.04. The number of benzene rings is 1. The maximum absolute atomic E-state index is 10.9. The summed E-state index contributed by atoms with van der Waals surface area (Å²) in [6.07, 6.45) is 3.39. The molecular weight excluding hydrogens is 216 g/mol. The second-order valence-corrected chi connectivity index (χ2v) is 3.91. The fraction of sp³-hybridized carbons (Fsp3) is 0.0769. The van der Waals surface area contributed by atoms with E-state index in [0.717, 1.165) is 27.7 Å². The summed E-state index contributed by atoms with van der Waals surface area (Å²) in [5.74, 6) is -0.840. The predicted octanol–water partition coefficient (Wildman–Crippen LogP) is 2.29. The zero-order valence-electron chi connectivity index (χ0n) is 8.97. The molecule has 84 valence electrons. The molecule has 0 aromatic heterocycles. The number of hydrogen-bond donors (Lipinski definition) is 2. The Hall–Kier alpha value is -2.36. The van der Waals surface area contributed by atoms with Gasteiger partial charge >= 0.3 is 5.97 Å². The molecule has 1 aromatic rings. The maximum Gasteiger partial charge on any atom is 0.307 e. The lowest BCUT2D eigenvalue weighted by Crippen LogP contribution is -2.01. The molecule has 4 nitrogen and oxygen atoms in total. The summed E-state index contributed by atoms with van der Waals surface area (Å²) >= 11 is 0. The van der Waals surface area contributed by atoms with Crippen LogP contribution in [-0.2, 0) is 11.2 Å². The smallest absolute Gasteiger partial charge is 0.307 e. The Morgan fingerprint density at radius 1 is 1.29 bits per heavy atom. The predicted molar refractivity (Wildman–Crippen MR) is 64.1 cm³/mol. The number of rotatable bonds is 2. The number of hydrogen-bond acceptors (Lipinski definition) is 2. The lowest BCUT2D eigenvalue weighted by Gasteiger charge is -2.00. The monoisotopic (exact) mass is 226 g/mol. The number of nitrogens with zero attached hydrogens (tertiary/aromatic N) is 1. The third-order valence-electron chi connectivity index (χ3n) is 2.88. The Balaban J connectivity index is 2.40. The first kappa shape index (κ1) is 9.84. The number of aromatic amines is 1. The first-order valence-electron chi connectivity index (χ1n) is 5.32. The van der Waals surface area contributed by atoms with Crippen LogP contribution in [0.3, 0.4) is 0 Å². The van der Waals surface area contributed by atoms with E-state index in [1.807, 2.05) is 24.3 Å². The molecule has 0 saturated carbocycles. The maximum atomic E-state index is 10.9. The largest absolute Gasteiger partial charge is 0.481 e. The van der Waals surface area contributed by atoms with E-state index in [4.69, 9.17) is 5.11 Å². The van der Waals surface area contributed by atoms with Crippen LogP contribution in [0.25, 0.3) is 22.2 Å². The molecule has 0 bridgehead atoms. The Labute approximate surface area is 97.3 Å². The van der Waals surface area contributed by atoms with Gasteiger partial charge in [-0.05, 0) is 10.9 Å². The van der Waals surface area contributed by atoms with E-state index >= 15 is 0 Å². The van der Waals surface area contributed by atoms with Gasteiger partial charge in [0.25, 0.3) is 0 Å². The molecule has 3 rings (SSSR count). The molecule has 0 saturated heterocycles. The lowest BCUT2D eigenvalue weighted by molar-refractivity contribution is -0.136. The highest BCUT2D eigenvalue weighted by atomic mass is 16.4. The molecule has 2 aliphatic rings. The van der Waals surface area contributed by atoms with E-state index < -0.39 is 5.97 Å². The molecule has 1 aliphatic heterocycles. The molecule has 1 heterocycles. The van der Waals surface area contributed by atoms with E-state index in [0.29, 0.717) is 0 Å². The van der Waals surface area contributed by atoms with Crippen LogP contribution in [0.2, 0.25) is 0 Å². The molecule has 17 heavy (non-hydrogen) atoms. The van der Waals surface area contributed by atoms with E-state index in [1.54, 1.807) is 12.4 Å². The second kappa shape index (κ2) is 3.59. The van der Waals surface area contributed by atoms with Crippen molar-refractivity contribution in [3.8, 4) is 11.4 Å². The molecule has 2 N–H and O–H groups in total. The van der Waals surface area contributed by atoms with Gasteiger partial charge in [0.15, 0.2) is 0 Å². The quantitative estimate of drug-likeness (QED) is 0.704. The highest BCUT2D eigenvalue weighted by Gasteiger charge is 2.20. The number of aliphatic carboxylic acids is 1. The van der Waals surface area contributed by atoms with Gasteiger partial charge < -0.3 is 10.1 Å². The van der Waals surface area contributed by atoms with Crippen molar-refractivity contribution in [3.05, 3.63) is 42.2 Å². The summed E-state index contributed by atoms with van der Waals surface area (Å²) in [7, 11) is 0. The van der Waals surface area contributed by atoms with E-state index in [9.17, 15) is 4.79 Å². The standard InChI is InChI=1S/C13H10N2O2/c16-11(17)7-10-8-3-1-2-4-9(8)12-13(10)15-6-5-14-12/h1-6,14H,7H2,(H,16,17). The molecule has 4 heteroatoms. The topological polar surface area (TPSA) is 66.0 Å². The lowest BCUT2D eigenvalue weighted by atomic mass is 10.1. The number of fused-ring (bicyclic) bond motifs is 3. The first-order chi connectivity index (χ1) is 8.27. The summed E-state index contributed by atoms with van der Waals surface area (Å²) in [6.45, 7) is 0. The van der Waals surface area contributed by atoms with Crippen LogP contribution in [-0.4, -0.2) is 21.0 Å². The normalized spacial score (nSPS) is 11.1. The summed E-state index contributed by atoms with van der Waals surface area (Å²) in [5.41, 5.74) is 2.43. The van der Waals surface area contributed by atoms with Gasteiger partial charge in [-0.2, -0.15) is 0 Å². The van der Waals surface area contributed by atoms with Gasteiger partial charge in [0.05, 0.1) is 17.8 Å². The van der Waals surface area contributed by atoms with Crippen LogP contribution in [0.15, 0.2) is 36.7 Å². The van der Waals surface area contributed by atoms with Gasteiger partial charge in [-0.25, -0.2) is 0 Å². The molecular formula is C13H10N2O2. The Bertz CT molecular complexity index is 672. The van der Waals surface area contributed by atoms with Crippen molar-refractivity contribution < 1.29 is 9.90 Å². The number of carboxylic acid groups (broad SMARTS) is 1. The summed E-state index contributed by atoms with van der Waals surface area (Å²) in [4.78, 5) is 18.3. The average Bonchev–Trinajstić information content (AvgIpc) is 2.65. The summed E-state index contributed by atoms with van der Waals surface area (Å²) in [6, 6.07) is 7.75. The van der Waals surface area contributed by atoms with Crippen molar-refractivity contribution in [1.82, 2.24) is 9.97 Å². The Morgan fingerprint density at radius 3 is 2.82 bits per heavy atom. The fourth-order valence-electron chi connectivity index (χ4n) is 2.22. The van der Waals surface area contributed by atoms with Crippen LogP contribution < -0.4 is 0 Å². The summed E-state index contributed by atoms with van der Waals surface area (Å²) < 4.78 is 0. The third-order valence-corrected chi connectivity index (χ3v) is 2.88. The molecule has 0 radical (unpaired) electrons. The number of nitrogens with one attached hydrogen (secondary N) is 1. The first-order valence-corrected chi connectivity index (χ1v) is 5.32. The zero-order chi connectivity index (χ0) is 11.8. The van der Waals surface area contributed by atoms with E-state index in [2.05, 4.69) is 9.97 Å². The highest BCUT2D eigenvalue weighted by Crippen LogP contribution is 2.35. The zero-order valence-corrected chi connectivity index (χ0v) is 8.97. The van der Waals surface area contributed by atoms with Crippen molar-refractivity contribution in [2.75, 3.05) is 0 Å². The second-order valence-electron chi connectivity index (χ2n) is 3.91. The van der Waals surface area contributed by atoms with Gasteiger partial charge in [0.2, 0.25) is 0 Å². The third kappa shape index (κ3) is 1.45. The van der Waals surface area contributed by atoms with Crippen molar-refractivity contribution in [1.29, 1.82) is 0 Å². The van der Waals surface area contributed by atoms with Crippen molar-refractivity contribution in [2.24, 2.45) is 0 Å². The number of carboxylic acids is 1. The molecule has 0 amide bonds. The van der Waals surface area contributed by atoms with Gasteiger partial charge in [0, 0.05) is 17.8 Å². The SMILES string of the molecule is O=C(O)Cc1c2ncc[nH]c-2c2ccccc12. The van der Waals surface area contributed by atoms with Crippen LogP contribution in [0.5, 0.6) is 0 Å². The minimum atomic E-state index is -0.840. The van der Waals surface area contributed by atoms with Crippen LogP contribution >= 0.6 is 0 Å². The van der Waals surface area contributed by atoms with Crippen molar-refractivity contribution >= 4 is 16.7 Å². The molecule has 1 aromatic carbocycles. The fourth-order valence-corrected chi connectivity index (χ4v) is 2.22. The van der Waals surface area contributed by atoms with Gasteiger partial charge in [-0.15, -0.1) is 0 Å². The van der Waals surface area contributed by atoms with E-state index in [-0.39, 0.29) is 6.42 Å². The summed E-state index contributed by atoms with van der Waals surface area (Å²) in [5, 5.41) is 10.9. The van der Waals surface area contributed by atoms with Crippen molar-refractivity contribution in [2.45, 2.75) is 6.42 Å². The Morgan fingerprint density at radius 2 is 2.06 bits per heavy atom. The van der Waals surface area contributed by atoms with Crippen LogP contribution in [0, 0.1) is 0 Å². The average molecular weight is 226 g/mol. The number of aromatic nitrogens is 2. The molecule has 1 aliphatic carbocycles. The molecule has 0 atom stereocenters. The number of H-pyrrole nitrogens is 1. The van der Waals surface area contributed by atoms with Crippen LogP contribution in [0.1, 0.15) is 5.56 Å². The molecule has 0 fully saturated rings. The van der Waals surface area contributed by atoms with Gasteiger partial charge in [-0.1, -0.05) is 24.3 Å². The molecule has 0 spiro atoms. The van der Waals surface area contributed by atoms with Crippen molar-refractivity contribution in [3.63, 3.8) is 0 Å². The van der Waals surface area contributed by atoms with Gasteiger partial charge in [0.1, 0.15) is 0 Å². The van der Waals surface area contributed by atoms with Crippen LogP contribution in [0.4, 0.5) is 0 Å². The minimum Gasteiger partial charge on any atom is -0.481 e. The number of carbonyl (C=O) groups is 1. The van der Waals surface area contributed by atoms with E-state index in [1.165, 1.54) is 0 Å². The minimum absolute atomic E-state index is 0.00509. The van der Waals surface area contributed by atoms with Gasteiger partial charge in [-0.3, -0.25) is 9.78 Å².